The summed E-state index contributed by atoms with van der Waals surface area (Å²) >= 11 is 11.8. The van der Waals surface area contributed by atoms with Crippen molar-refractivity contribution in [1.82, 2.24) is 9.55 Å². The van der Waals surface area contributed by atoms with Crippen molar-refractivity contribution < 1.29 is 9.53 Å². The van der Waals surface area contributed by atoms with E-state index in [0.717, 1.165) is 11.0 Å². The Balaban J connectivity index is 2.54. The number of rotatable bonds is 4. The fraction of sp³-hybridized carbons (Fsp3) is 0.385. The van der Waals surface area contributed by atoms with Gasteiger partial charge in [0.05, 0.1) is 23.5 Å². The molecule has 0 saturated heterocycles. The predicted molar refractivity (Wildman–Crippen MR) is 75.6 cm³/mol. The maximum absolute atomic E-state index is 11.9. The topological polar surface area (TPSA) is 44.1 Å². The van der Waals surface area contributed by atoms with Crippen molar-refractivity contribution in [2.45, 2.75) is 25.8 Å². The monoisotopic (exact) mass is 300 g/mol. The molecule has 102 valence electrons. The smallest absolute Gasteiger partial charge is 0.328 e. The highest BCUT2D eigenvalue weighted by molar-refractivity contribution is 6.31. The van der Waals surface area contributed by atoms with Gasteiger partial charge in [-0.2, -0.15) is 0 Å². The molecule has 1 heterocycles. The number of imidazole rings is 1. The number of hydrogen-bond acceptors (Lipinski definition) is 3. The van der Waals surface area contributed by atoms with Crippen LogP contribution in [0.1, 0.15) is 25.7 Å². The van der Waals surface area contributed by atoms with Crippen LogP contribution in [-0.4, -0.2) is 22.1 Å². The lowest BCUT2D eigenvalue weighted by Gasteiger charge is -2.15. The SMILES string of the molecule is CCOC(=O)C(C)n1c(CCl)nc2cc(Cl)ccc21. The molecular formula is C13H14Cl2N2O2. The average Bonchev–Trinajstić information content (AvgIpc) is 2.75. The van der Waals surface area contributed by atoms with E-state index in [9.17, 15) is 4.79 Å². The van der Waals surface area contributed by atoms with Crippen molar-refractivity contribution in [3.8, 4) is 0 Å². The molecule has 0 saturated carbocycles. The summed E-state index contributed by atoms with van der Waals surface area (Å²) in [6.45, 7) is 3.89. The van der Waals surface area contributed by atoms with Gasteiger partial charge in [0.1, 0.15) is 11.9 Å². The summed E-state index contributed by atoms with van der Waals surface area (Å²) in [6.07, 6.45) is 0. The molecule has 0 aliphatic carbocycles. The Morgan fingerprint density at radius 1 is 1.53 bits per heavy atom. The number of ether oxygens (including phenoxy) is 1. The summed E-state index contributed by atoms with van der Waals surface area (Å²) < 4.78 is 6.83. The molecule has 2 rings (SSSR count). The van der Waals surface area contributed by atoms with Gasteiger partial charge in [-0.15, -0.1) is 11.6 Å². The number of aromatic nitrogens is 2. The summed E-state index contributed by atoms with van der Waals surface area (Å²) in [6, 6.07) is 4.87. The van der Waals surface area contributed by atoms with E-state index in [1.165, 1.54) is 0 Å². The van der Waals surface area contributed by atoms with E-state index in [-0.39, 0.29) is 11.8 Å². The number of hydrogen-bond donors (Lipinski definition) is 0. The van der Waals surface area contributed by atoms with E-state index in [0.29, 0.717) is 17.5 Å². The van der Waals surface area contributed by atoms with Crippen molar-refractivity contribution >= 4 is 40.2 Å². The zero-order valence-corrected chi connectivity index (χ0v) is 12.2. The van der Waals surface area contributed by atoms with Crippen molar-refractivity contribution in [3.05, 3.63) is 29.0 Å². The lowest BCUT2D eigenvalue weighted by molar-refractivity contribution is -0.146. The number of benzene rings is 1. The second-order valence-corrected chi connectivity index (χ2v) is 4.80. The third kappa shape index (κ3) is 2.69. The average molecular weight is 301 g/mol. The molecule has 0 N–H and O–H groups in total. The van der Waals surface area contributed by atoms with E-state index in [4.69, 9.17) is 27.9 Å². The zero-order chi connectivity index (χ0) is 14.0. The Labute approximate surface area is 121 Å². The molecule has 0 bridgehead atoms. The molecule has 1 aromatic heterocycles. The highest BCUT2D eigenvalue weighted by atomic mass is 35.5. The second-order valence-electron chi connectivity index (χ2n) is 4.09. The molecule has 0 fully saturated rings. The largest absolute Gasteiger partial charge is 0.464 e. The fourth-order valence-electron chi connectivity index (χ4n) is 2.02. The third-order valence-corrected chi connectivity index (χ3v) is 3.33. The van der Waals surface area contributed by atoms with Crippen LogP contribution >= 0.6 is 23.2 Å². The van der Waals surface area contributed by atoms with Crippen molar-refractivity contribution in [2.24, 2.45) is 0 Å². The normalized spacial score (nSPS) is 12.6. The Kier molecular flexibility index (Phi) is 4.32. The highest BCUT2D eigenvalue weighted by Crippen LogP contribution is 2.25. The summed E-state index contributed by atoms with van der Waals surface area (Å²) in [7, 11) is 0. The molecule has 1 unspecified atom stereocenters. The summed E-state index contributed by atoms with van der Waals surface area (Å²) in [5, 5.41) is 0.599. The van der Waals surface area contributed by atoms with Crippen LogP contribution in [0.15, 0.2) is 18.2 Å². The van der Waals surface area contributed by atoms with E-state index in [1.54, 1.807) is 30.5 Å². The standard InChI is InChI=1S/C13H14Cl2N2O2/c1-3-19-13(18)8(2)17-11-5-4-9(15)6-10(11)16-12(17)7-14/h4-6,8H,3,7H2,1-2H3. The van der Waals surface area contributed by atoms with Gasteiger partial charge in [-0.25, -0.2) is 9.78 Å². The molecule has 1 aromatic carbocycles. The fourth-order valence-corrected chi connectivity index (χ4v) is 2.37. The summed E-state index contributed by atoms with van der Waals surface area (Å²) in [4.78, 5) is 16.3. The van der Waals surface area contributed by atoms with Crippen LogP contribution in [0.25, 0.3) is 11.0 Å². The van der Waals surface area contributed by atoms with E-state index < -0.39 is 6.04 Å². The summed E-state index contributed by atoms with van der Waals surface area (Å²) in [5.41, 5.74) is 1.54. The molecule has 0 radical (unpaired) electrons. The number of fused-ring (bicyclic) bond motifs is 1. The maximum Gasteiger partial charge on any atom is 0.328 e. The van der Waals surface area contributed by atoms with E-state index >= 15 is 0 Å². The highest BCUT2D eigenvalue weighted by Gasteiger charge is 2.22. The number of carbonyl (C=O) groups excluding carboxylic acids is 1. The molecular weight excluding hydrogens is 287 g/mol. The second kappa shape index (κ2) is 5.80. The Bertz CT molecular complexity index is 610. The molecule has 19 heavy (non-hydrogen) atoms. The van der Waals surface area contributed by atoms with Gasteiger partial charge >= 0.3 is 5.97 Å². The quantitative estimate of drug-likeness (QED) is 0.640. The van der Waals surface area contributed by atoms with Crippen LogP contribution in [-0.2, 0) is 15.4 Å². The van der Waals surface area contributed by atoms with Crippen LogP contribution in [0, 0.1) is 0 Å². The van der Waals surface area contributed by atoms with E-state index in [1.807, 2.05) is 6.07 Å². The first kappa shape index (κ1) is 14.2. The van der Waals surface area contributed by atoms with Gasteiger partial charge in [0.25, 0.3) is 0 Å². The zero-order valence-electron chi connectivity index (χ0n) is 10.7. The number of esters is 1. The first-order valence-electron chi connectivity index (χ1n) is 5.97. The number of halogens is 2. The first-order chi connectivity index (χ1) is 9.08. The van der Waals surface area contributed by atoms with Crippen LogP contribution in [0.5, 0.6) is 0 Å². The van der Waals surface area contributed by atoms with Crippen molar-refractivity contribution in [2.75, 3.05) is 6.61 Å². The molecule has 0 amide bonds. The lowest BCUT2D eigenvalue weighted by Crippen LogP contribution is -2.20. The third-order valence-electron chi connectivity index (χ3n) is 2.86. The molecule has 4 nitrogen and oxygen atoms in total. The van der Waals surface area contributed by atoms with Gasteiger partial charge in [0.2, 0.25) is 0 Å². The van der Waals surface area contributed by atoms with Gasteiger partial charge in [-0.1, -0.05) is 11.6 Å². The molecule has 1 atom stereocenters. The van der Waals surface area contributed by atoms with Crippen molar-refractivity contribution in [1.29, 1.82) is 0 Å². The predicted octanol–water partition coefficient (Wildman–Crippen LogP) is 3.55. The minimum atomic E-state index is -0.472. The Morgan fingerprint density at radius 2 is 2.26 bits per heavy atom. The molecule has 2 aromatic rings. The number of nitrogens with zero attached hydrogens (tertiary/aromatic N) is 2. The minimum absolute atomic E-state index is 0.218. The van der Waals surface area contributed by atoms with Crippen LogP contribution in [0.3, 0.4) is 0 Å². The lowest BCUT2D eigenvalue weighted by atomic mass is 10.2. The molecule has 6 heteroatoms. The van der Waals surface area contributed by atoms with Gasteiger partial charge in [0, 0.05) is 5.02 Å². The van der Waals surface area contributed by atoms with Crippen LogP contribution < -0.4 is 0 Å². The first-order valence-corrected chi connectivity index (χ1v) is 6.88. The van der Waals surface area contributed by atoms with Crippen molar-refractivity contribution in [3.63, 3.8) is 0 Å². The maximum atomic E-state index is 11.9. The summed E-state index contributed by atoms with van der Waals surface area (Å²) in [5.74, 6) is 0.540. The molecule has 0 spiro atoms. The Hall–Kier alpha value is -1.26. The Morgan fingerprint density at radius 3 is 2.89 bits per heavy atom. The van der Waals surface area contributed by atoms with Crippen LogP contribution in [0.4, 0.5) is 0 Å². The minimum Gasteiger partial charge on any atom is -0.464 e. The van der Waals surface area contributed by atoms with Crippen LogP contribution in [0.2, 0.25) is 5.02 Å². The molecule has 0 aliphatic rings. The number of alkyl halides is 1. The van der Waals surface area contributed by atoms with Gasteiger partial charge < -0.3 is 9.30 Å². The van der Waals surface area contributed by atoms with E-state index in [2.05, 4.69) is 4.98 Å². The van der Waals surface area contributed by atoms with Gasteiger partial charge in [-0.05, 0) is 32.0 Å². The van der Waals surface area contributed by atoms with Gasteiger partial charge in [0.15, 0.2) is 0 Å². The molecule has 0 aliphatic heterocycles. The number of carbonyl (C=O) groups is 1. The van der Waals surface area contributed by atoms with Gasteiger partial charge in [-0.3, -0.25) is 0 Å².